The minimum absolute atomic E-state index is 0.121. The summed E-state index contributed by atoms with van der Waals surface area (Å²) in [6, 6.07) is 14.2. The van der Waals surface area contributed by atoms with Crippen LogP contribution >= 0.6 is 15.9 Å². The predicted octanol–water partition coefficient (Wildman–Crippen LogP) is 4.93. The van der Waals surface area contributed by atoms with Crippen LogP contribution in [0.2, 0.25) is 0 Å². The van der Waals surface area contributed by atoms with Crippen molar-refractivity contribution in [3.63, 3.8) is 0 Å². The zero-order valence-electron chi connectivity index (χ0n) is 13.2. The number of carbonyl (C=O) groups is 2. The van der Waals surface area contributed by atoms with Gasteiger partial charge in [-0.2, -0.15) is 0 Å². The molecular formula is C19H15BrO4. The zero-order chi connectivity index (χ0) is 17.3. The molecule has 0 bridgehead atoms. The van der Waals surface area contributed by atoms with Crippen LogP contribution in [-0.2, 0) is 4.74 Å². The molecule has 1 heterocycles. The first kappa shape index (κ1) is 16.5. The van der Waals surface area contributed by atoms with Crippen molar-refractivity contribution in [3.05, 3.63) is 69.9 Å². The molecule has 24 heavy (non-hydrogen) atoms. The molecule has 2 aromatic carbocycles. The highest BCUT2D eigenvalue weighted by molar-refractivity contribution is 9.10. The van der Waals surface area contributed by atoms with Crippen LogP contribution in [0.25, 0.3) is 11.0 Å². The standard InChI is InChI=1S/C19H15BrO4/c1-11-15-10-14(20)8-9-16(15)24-18(11)19(22)23-12(2)17(21)13-6-4-3-5-7-13/h3-10,12H,1-2H3. The second kappa shape index (κ2) is 6.61. The van der Waals surface area contributed by atoms with Gasteiger partial charge in [-0.05, 0) is 32.0 Å². The van der Waals surface area contributed by atoms with Gasteiger partial charge < -0.3 is 9.15 Å². The molecule has 0 amide bonds. The van der Waals surface area contributed by atoms with Gasteiger partial charge in [0.25, 0.3) is 0 Å². The SMILES string of the molecule is Cc1c(C(=O)OC(C)C(=O)c2ccccc2)oc2ccc(Br)cc12. The van der Waals surface area contributed by atoms with Gasteiger partial charge in [-0.3, -0.25) is 4.79 Å². The molecule has 4 nitrogen and oxygen atoms in total. The number of benzene rings is 2. The molecule has 0 N–H and O–H groups in total. The van der Waals surface area contributed by atoms with E-state index in [0.717, 1.165) is 9.86 Å². The molecule has 0 spiro atoms. The third-order valence-corrected chi connectivity index (χ3v) is 4.29. The number of ether oxygens (including phenoxy) is 1. The van der Waals surface area contributed by atoms with Crippen molar-refractivity contribution in [2.24, 2.45) is 0 Å². The van der Waals surface area contributed by atoms with Gasteiger partial charge in [-0.1, -0.05) is 46.3 Å². The predicted molar refractivity (Wildman–Crippen MR) is 94.3 cm³/mol. The molecule has 0 radical (unpaired) electrons. The van der Waals surface area contributed by atoms with Crippen molar-refractivity contribution in [3.8, 4) is 0 Å². The molecule has 1 aromatic heterocycles. The van der Waals surface area contributed by atoms with E-state index in [0.29, 0.717) is 16.7 Å². The van der Waals surface area contributed by atoms with Crippen LogP contribution in [0.4, 0.5) is 0 Å². The molecule has 5 heteroatoms. The van der Waals surface area contributed by atoms with Gasteiger partial charge in [0.1, 0.15) is 5.58 Å². The van der Waals surface area contributed by atoms with Gasteiger partial charge >= 0.3 is 5.97 Å². The van der Waals surface area contributed by atoms with Gasteiger partial charge in [0.2, 0.25) is 11.5 Å². The van der Waals surface area contributed by atoms with Crippen molar-refractivity contribution in [2.45, 2.75) is 20.0 Å². The van der Waals surface area contributed by atoms with Gasteiger partial charge in [-0.25, -0.2) is 4.79 Å². The molecular weight excluding hydrogens is 372 g/mol. The van der Waals surface area contributed by atoms with E-state index in [1.165, 1.54) is 0 Å². The topological polar surface area (TPSA) is 56.5 Å². The van der Waals surface area contributed by atoms with Crippen molar-refractivity contribution in [2.75, 3.05) is 0 Å². The normalized spacial score (nSPS) is 12.1. The van der Waals surface area contributed by atoms with E-state index in [-0.39, 0.29) is 11.5 Å². The number of carbonyl (C=O) groups excluding carboxylic acids is 2. The Hall–Kier alpha value is -2.40. The highest BCUT2D eigenvalue weighted by Crippen LogP contribution is 2.28. The maximum atomic E-state index is 12.4. The number of aryl methyl sites for hydroxylation is 1. The fourth-order valence-electron chi connectivity index (χ4n) is 2.49. The van der Waals surface area contributed by atoms with Crippen molar-refractivity contribution in [1.29, 1.82) is 0 Å². The first-order valence-corrected chi connectivity index (χ1v) is 8.25. The van der Waals surface area contributed by atoms with Gasteiger partial charge in [0, 0.05) is 21.0 Å². The number of furan rings is 1. The monoisotopic (exact) mass is 386 g/mol. The maximum absolute atomic E-state index is 12.4. The third-order valence-electron chi connectivity index (χ3n) is 3.79. The summed E-state index contributed by atoms with van der Waals surface area (Å²) in [6.07, 6.45) is -0.890. The molecule has 0 aliphatic rings. The molecule has 1 atom stereocenters. The van der Waals surface area contributed by atoms with Crippen molar-refractivity contribution < 1.29 is 18.7 Å². The Bertz CT molecular complexity index is 912. The van der Waals surface area contributed by atoms with E-state index in [1.54, 1.807) is 44.2 Å². The lowest BCUT2D eigenvalue weighted by Gasteiger charge is -2.11. The second-order valence-electron chi connectivity index (χ2n) is 5.47. The lowest BCUT2D eigenvalue weighted by atomic mass is 10.1. The summed E-state index contributed by atoms with van der Waals surface area (Å²) in [7, 11) is 0. The Morgan fingerprint density at radius 3 is 2.54 bits per heavy atom. The summed E-state index contributed by atoms with van der Waals surface area (Å²) in [5.74, 6) is -0.770. The Morgan fingerprint density at radius 1 is 1.12 bits per heavy atom. The molecule has 1 unspecified atom stereocenters. The molecule has 3 rings (SSSR count). The number of halogens is 1. The van der Waals surface area contributed by atoms with Crippen molar-refractivity contribution in [1.82, 2.24) is 0 Å². The Kier molecular flexibility index (Phi) is 4.53. The van der Waals surface area contributed by atoms with Crippen LogP contribution in [0.15, 0.2) is 57.4 Å². The Morgan fingerprint density at radius 2 is 1.83 bits per heavy atom. The van der Waals surface area contributed by atoms with E-state index in [4.69, 9.17) is 9.15 Å². The van der Waals surface area contributed by atoms with Crippen LogP contribution in [0.3, 0.4) is 0 Å². The molecule has 0 aliphatic heterocycles. The number of esters is 1. The number of hydrogen-bond acceptors (Lipinski definition) is 4. The van der Waals surface area contributed by atoms with E-state index in [2.05, 4.69) is 15.9 Å². The van der Waals surface area contributed by atoms with Gasteiger partial charge in [-0.15, -0.1) is 0 Å². The van der Waals surface area contributed by atoms with E-state index in [1.807, 2.05) is 18.2 Å². The van der Waals surface area contributed by atoms with E-state index in [9.17, 15) is 9.59 Å². The van der Waals surface area contributed by atoms with Crippen molar-refractivity contribution >= 4 is 38.7 Å². The molecule has 0 saturated heterocycles. The lowest BCUT2D eigenvalue weighted by molar-refractivity contribution is 0.0290. The number of fused-ring (bicyclic) bond motifs is 1. The second-order valence-corrected chi connectivity index (χ2v) is 6.39. The summed E-state index contributed by atoms with van der Waals surface area (Å²) in [5, 5.41) is 0.832. The summed E-state index contributed by atoms with van der Waals surface area (Å²) >= 11 is 3.40. The van der Waals surface area contributed by atoms with E-state index < -0.39 is 12.1 Å². The summed E-state index contributed by atoms with van der Waals surface area (Å²) in [5.41, 5.74) is 1.79. The Balaban J connectivity index is 1.82. The number of rotatable bonds is 4. The largest absolute Gasteiger partial charge is 0.449 e. The number of ketones is 1. The average Bonchev–Trinajstić information content (AvgIpc) is 2.91. The van der Waals surface area contributed by atoms with Crippen LogP contribution in [0, 0.1) is 6.92 Å². The zero-order valence-corrected chi connectivity index (χ0v) is 14.8. The van der Waals surface area contributed by atoms with Crippen LogP contribution in [0.5, 0.6) is 0 Å². The quantitative estimate of drug-likeness (QED) is 0.471. The average molecular weight is 387 g/mol. The Labute approximate surface area is 147 Å². The first-order valence-electron chi connectivity index (χ1n) is 7.46. The summed E-state index contributed by atoms with van der Waals surface area (Å²) < 4.78 is 11.8. The minimum atomic E-state index is -0.890. The van der Waals surface area contributed by atoms with E-state index >= 15 is 0 Å². The lowest BCUT2D eigenvalue weighted by Crippen LogP contribution is -2.24. The highest BCUT2D eigenvalue weighted by Gasteiger charge is 2.24. The molecule has 0 aliphatic carbocycles. The fourth-order valence-corrected chi connectivity index (χ4v) is 2.85. The fraction of sp³-hybridized carbons (Fsp3) is 0.158. The van der Waals surface area contributed by atoms with Gasteiger partial charge in [0.05, 0.1) is 0 Å². The highest BCUT2D eigenvalue weighted by atomic mass is 79.9. The third kappa shape index (κ3) is 3.12. The number of hydrogen-bond donors (Lipinski definition) is 0. The smallest absolute Gasteiger partial charge is 0.375 e. The van der Waals surface area contributed by atoms with Crippen LogP contribution < -0.4 is 0 Å². The van der Waals surface area contributed by atoms with Gasteiger partial charge in [0.15, 0.2) is 6.10 Å². The maximum Gasteiger partial charge on any atom is 0.375 e. The molecule has 0 saturated carbocycles. The van der Waals surface area contributed by atoms with Crippen LogP contribution in [-0.4, -0.2) is 17.9 Å². The van der Waals surface area contributed by atoms with Crippen LogP contribution in [0.1, 0.15) is 33.4 Å². The molecule has 122 valence electrons. The molecule has 0 fully saturated rings. The minimum Gasteiger partial charge on any atom is -0.449 e. The summed E-state index contributed by atoms with van der Waals surface area (Å²) in [4.78, 5) is 24.7. The molecule has 3 aromatic rings. The number of Topliss-reactive ketones (excluding diaryl/α,β-unsaturated/α-hetero) is 1. The first-order chi connectivity index (χ1) is 11.5. The summed E-state index contributed by atoms with van der Waals surface area (Å²) in [6.45, 7) is 3.35.